The molecule has 4 aromatic heterocycles. The third-order valence-electron chi connectivity index (χ3n) is 22.7. The molecule has 2 saturated heterocycles. The van der Waals surface area contributed by atoms with Crippen molar-refractivity contribution in [1.29, 1.82) is 0 Å². The maximum Gasteiger partial charge on any atom is 0.408 e. The van der Waals surface area contributed by atoms with Gasteiger partial charge in [0.25, 0.3) is 0 Å². The van der Waals surface area contributed by atoms with Crippen LogP contribution in [0.15, 0.2) is 84.6 Å². The molecule has 6 aliphatic rings. The van der Waals surface area contributed by atoms with E-state index in [2.05, 4.69) is 46.7 Å². The molecular formula is C85H122N12O16P2S2. The topological polar surface area (TPSA) is 377 Å². The van der Waals surface area contributed by atoms with Gasteiger partial charge in [0.05, 0.1) is 55.0 Å². The summed E-state index contributed by atoms with van der Waals surface area (Å²) >= 11 is 2.94. The predicted molar refractivity (Wildman–Crippen MR) is 461 cm³/mol. The van der Waals surface area contributed by atoms with Crippen molar-refractivity contribution in [2.45, 2.75) is 257 Å². The normalized spacial score (nSPS) is 23.4. The monoisotopic (exact) mass is 1690 g/mol. The number of carbonyl (C=O) groups is 6. The first kappa shape index (κ1) is 90.9. The number of amides is 5. The number of nitrogens with two attached hydrogens (primary N) is 1. The second-order valence-electron chi connectivity index (χ2n) is 34.7. The molecule has 0 radical (unpaired) electrons. The largest absolute Gasteiger partial charge is 0.497 e. The fourth-order valence-electron chi connectivity index (χ4n) is 15.7. The number of nitrogens with one attached hydrogen (secondary N) is 5. The van der Waals surface area contributed by atoms with E-state index in [0.717, 1.165) is 93.5 Å². The van der Waals surface area contributed by atoms with Crippen molar-refractivity contribution < 1.29 is 76.3 Å². The second kappa shape index (κ2) is 38.3. The molecule has 4 saturated carbocycles. The summed E-state index contributed by atoms with van der Waals surface area (Å²) in [5.74, 6) is -0.582. The molecule has 5 amide bonds. The number of aromatic nitrogens is 4. The predicted octanol–water partition coefficient (Wildman–Crippen LogP) is 16.1. The fourth-order valence-corrected chi connectivity index (χ4v) is 22.6. The molecule has 4 aliphatic carbocycles. The molecule has 12 rings (SSSR count). The molecule has 0 spiro atoms. The van der Waals surface area contributed by atoms with Crippen molar-refractivity contribution in [3.8, 4) is 45.8 Å². The van der Waals surface area contributed by atoms with Crippen LogP contribution in [0.1, 0.15) is 186 Å². The number of carboxylic acid groups (broad SMARTS) is 1. The Morgan fingerprint density at radius 1 is 0.624 bits per heavy atom. The first-order chi connectivity index (χ1) is 55.3. The van der Waals surface area contributed by atoms with E-state index >= 15 is 0 Å². The molecular weight excluding hydrogens is 1570 g/mol. The Hall–Kier alpha value is -8.40. The number of methoxy groups -OCH3 is 2. The van der Waals surface area contributed by atoms with E-state index in [9.17, 15) is 47.9 Å². The second-order valence-corrected chi connectivity index (χ2v) is 42.6. The minimum Gasteiger partial charge on any atom is -0.497 e. The number of rotatable bonds is 31. The smallest absolute Gasteiger partial charge is 0.408 e. The molecule has 640 valence electrons. The zero-order chi connectivity index (χ0) is 85.3. The van der Waals surface area contributed by atoms with Gasteiger partial charge in [0.1, 0.15) is 95.4 Å². The number of benzene rings is 2. The van der Waals surface area contributed by atoms with E-state index in [0.29, 0.717) is 79.9 Å². The number of carboxylic acids is 1. The Kier molecular flexibility index (Phi) is 29.8. The summed E-state index contributed by atoms with van der Waals surface area (Å²) in [6.07, 6.45) is 13.0. The number of aliphatic carboxylic acids is 1. The van der Waals surface area contributed by atoms with Gasteiger partial charge in [0.15, 0.2) is 10.3 Å². The number of thiazole rings is 2. The average Bonchev–Trinajstić information content (AvgIpc) is 1.56. The highest BCUT2D eigenvalue weighted by molar-refractivity contribution is 7.65. The average molecular weight is 1690 g/mol. The Morgan fingerprint density at radius 2 is 1.05 bits per heavy atom. The molecule has 2 aliphatic heterocycles. The number of hydrogen-bond donors (Lipinski definition) is 8. The molecule has 28 nitrogen and oxygen atoms in total. The third-order valence-corrected chi connectivity index (χ3v) is 30.5. The lowest BCUT2D eigenvalue weighted by molar-refractivity contribution is -0.150. The zero-order valence-electron chi connectivity index (χ0n) is 70.5. The molecule has 6 aromatic rings. The number of anilines is 2. The van der Waals surface area contributed by atoms with Gasteiger partial charge in [-0.25, -0.2) is 34.3 Å². The van der Waals surface area contributed by atoms with Crippen LogP contribution in [0, 0.1) is 22.7 Å². The molecule has 32 heteroatoms. The van der Waals surface area contributed by atoms with Gasteiger partial charge in [-0.3, -0.25) is 18.9 Å². The molecule has 9 N–H and O–H groups in total. The van der Waals surface area contributed by atoms with Crippen LogP contribution in [-0.2, 0) is 37.8 Å². The SMILES string of the molecule is C=C[C@@H]1C[C@]1(N)P(C)(=O)CCCC.C=C[C@@H]1C[C@]1(NC(=O)[C@@H]1C[C@@H](Oc2cc(-c3csc(NC(C)C)n3)nc3cc(OC)ccc23)CN1C(=O)[C@@H](NC(=O)OC1CCCC1)C(C)(C)C)P(=O)(O)CCCC.COc1ccc2c(O[C@@H]3C[C@@H](C(=O)O)N(C(=O)[C@@H](NC(=O)OC4CCCC4)C(C)(C)C)C3)cc(-c3csc(NC(C)C)n3)nc2c1. The Morgan fingerprint density at radius 3 is 1.44 bits per heavy atom. The number of unbranched alkanes of at least 4 members (excludes halogenated alkanes) is 2. The Labute approximate surface area is 695 Å². The lowest BCUT2D eigenvalue weighted by Crippen LogP contribution is -2.58. The van der Waals surface area contributed by atoms with Gasteiger partial charge in [-0.2, -0.15) is 0 Å². The van der Waals surface area contributed by atoms with Crippen LogP contribution < -0.4 is 51.3 Å². The summed E-state index contributed by atoms with van der Waals surface area (Å²) in [4.78, 5) is 115. The van der Waals surface area contributed by atoms with Gasteiger partial charge < -0.3 is 85.1 Å². The van der Waals surface area contributed by atoms with Crippen LogP contribution >= 0.6 is 37.2 Å². The number of nitrogens with zero attached hydrogens (tertiary/aromatic N) is 6. The standard InChI is InChI=1S/C42H59N6O8PS.C33H43N5O7S.C10H20NOP/c1-9-11-18-57(52,53)42(22-26(42)10-2)47-37(49)34-20-29(23-48(34)38(50)36(41(5,6)7)46-40(51)56-27-14-12-13-15-27)55-35-21-32(33-24-58-39(45-33)43-25(3)4)44-31-19-28(54-8)16-17-30(31)35;1-18(2)34-31-36-25(17-46-31)24-15-27(22-12-11-20(43-6)13-23(22)35-24)44-21-14-26(30(40)41)38(16-21)29(39)28(33(3,4)5)37-32(42)45-19-9-7-8-10-19;1-4-6-7-13(3,12)10(11)8-9(10)5-2/h10,16-17,19,21,24-27,29,34,36H,2,9,11-15,18,20,22-23H2,1,3-8H3,(H,43,45)(H,46,51)(H,47,49)(H,52,53);11-13,15,17-19,21,26,28H,7-10,14,16H2,1-6H3,(H,34,36)(H,37,42)(H,40,41);5,9H,2,4,6-8,11H2,1,3H3/t26-,29-,34+,36-,42+;21-,26+,28-;9-,10+,13?/m111/s1. The first-order valence-corrected chi connectivity index (χ1v) is 47.0. The van der Waals surface area contributed by atoms with Crippen molar-refractivity contribution in [2.75, 3.05) is 56.9 Å². The molecule has 12 atom stereocenters. The quantitative estimate of drug-likeness (QED) is 0.0148. The minimum atomic E-state index is -3.87. The van der Waals surface area contributed by atoms with Crippen LogP contribution in [-0.4, -0.2) is 193 Å². The summed E-state index contributed by atoms with van der Waals surface area (Å²) in [5, 5.41) is 30.3. The number of carbonyl (C=O) groups excluding carboxylic acids is 5. The Bertz CT molecular complexity index is 4650. The maximum atomic E-state index is 14.8. The molecule has 2 unspecified atom stereocenters. The van der Waals surface area contributed by atoms with Crippen molar-refractivity contribution in [3.05, 3.63) is 84.6 Å². The van der Waals surface area contributed by atoms with Gasteiger partial charge >= 0.3 is 18.2 Å². The molecule has 117 heavy (non-hydrogen) atoms. The molecule has 6 heterocycles. The summed E-state index contributed by atoms with van der Waals surface area (Å²) in [6, 6.07) is 10.7. The first-order valence-electron chi connectivity index (χ1n) is 41.1. The summed E-state index contributed by atoms with van der Waals surface area (Å²) in [5.41, 5.74) is 8.30. The maximum absolute atomic E-state index is 14.8. The highest BCUT2D eigenvalue weighted by Gasteiger charge is 2.66. The highest BCUT2D eigenvalue weighted by atomic mass is 32.1. The van der Waals surface area contributed by atoms with Gasteiger partial charge in [-0.05, 0) is 147 Å². The van der Waals surface area contributed by atoms with E-state index in [1.807, 2.05) is 130 Å². The number of hydrogen-bond acceptors (Lipinski definition) is 23. The molecule has 0 bridgehead atoms. The van der Waals surface area contributed by atoms with E-state index in [-0.39, 0.29) is 62.8 Å². The van der Waals surface area contributed by atoms with Crippen LogP contribution in [0.5, 0.6) is 23.0 Å². The number of fused-ring (bicyclic) bond motifs is 2. The summed E-state index contributed by atoms with van der Waals surface area (Å²) in [7, 11) is -2.86. The van der Waals surface area contributed by atoms with Crippen LogP contribution in [0.3, 0.4) is 0 Å². The third kappa shape index (κ3) is 22.2. The summed E-state index contributed by atoms with van der Waals surface area (Å²) < 4.78 is 61.6. The van der Waals surface area contributed by atoms with E-state index in [1.165, 1.54) is 32.5 Å². The van der Waals surface area contributed by atoms with Crippen LogP contribution in [0.2, 0.25) is 0 Å². The van der Waals surface area contributed by atoms with Crippen LogP contribution in [0.25, 0.3) is 44.6 Å². The lowest BCUT2D eigenvalue weighted by atomic mass is 9.85. The van der Waals surface area contributed by atoms with Gasteiger partial charge in [-0.15, -0.1) is 35.8 Å². The van der Waals surface area contributed by atoms with E-state index in [1.54, 1.807) is 38.5 Å². The number of alkyl carbamates (subject to hydrolysis) is 2. The number of ether oxygens (including phenoxy) is 6. The van der Waals surface area contributed by atoms with Gasteiger partial charge in [0, 0.05) is 94.9 Å². The van der Waals surface area contributed by atoms with E-state index in [4.69, 9.17) is 54.1 Å². The number of pyridine rings is 2. The highest BCUT2D eigenvalue weighted by Crippen LogP contribution is 2.70. The van der Waals surface area contributed by atoms with E-state index < -0.39 is 114 Å². The van der Waals surface area contributed by atoms with Gasteiger partial charge in [0.2, 0.25) is 25.1 Å². The van der Waals surface area contributed by atoms with Crippen molar-refractivity contribution in [1.82, 2.24) is 45.7 Å². The summed E-state index contributed by atoms with van der Waals surface area (Å²) in [6.45, 7) is 32.7. The minimum absolute atomic E-state index is 0.00181. The van der Waals surface area contributed by atoms with Crippen molar-refractivity contribution in [2.24, 2.45) is 28.4 Å². The van der Waals surface area contributed by atoms with Crippen LogP contribution in [0.4, 0.5) is 19.9 Å². The van der Waals surface area contributed by atoms with Crippen molar-refractivity contribution >= 4 is 105 Å². The lowest BCUT2D eigenvalue weighted by Gasteiger charge is -2.36. The molecule has 2 aromatic carbocycles. The van der Waals surface area contributed by atoms with Crippen molar-refractivity contribution in [3.63, 3.8) is 0 Å². The molecule has 6 fully saturated rings. The Balaban J connectivity index is 0.000000217. The zero-order valence-corrected chi connectivity index (χ0v) is 73.9. The van der Waals surface area contributed by atoms with Gasteiger partial charge in [-0.1, -0.05) is 80.4 Å². The fraction of sp³-hybridized carbons (Fsp3) is 0.600. The number of likely N-dealkylation sites (tertiary alicyclic amines) is 2.